The molecular weight excluding hydrogens is 649 g/mol. The van der Waals surface area contributed by atoms with Crippen molar-refractivity contribution in [1.29, 1.82) is 0 Å². The van der Waals surface area contributed by atoms with Crippen LogP contribution < -0.4 is 5.73 Å². The van der Waals surface area contributed by atoms with Gasteiger partial charge in [-0.3, -0.25) is 4.79 Å². The zero-order chi connectivity index (χ0) is 38.0. The first-order valence-corrected chi connectivity index (χ1v) is 22.3. The molecule has 0 aromatic heterocycles. The Labute approximate surface area is 323 Å². The summed E-state index contributed by atoms with van der Waals surface area (Å²) in [5, 5.41) is 9.21. The third-order valence-corrected chi connectivity index (χ3v) is 9.94. The van der Waals surface area contributed by atoms with Crippen molar-refractivity contribution in [2.24, 2.45) is 5.73 Å². The van der Waals surface area contributed by atoms with Gasteiger partial charge in [0.15, 0.2) is 6.10 Å². The number of hydrogen-bond acceptors (Lipinski definition) is 6. The van der Waals surface area contributed by atoms with E-state index < -0.39 is 18.1 Å². The van der Waals surface area contributed by atoms with Gasteiger partial charge < -0.3 is 30.0 Å². The van der Waals surface area contributed by atoms with Gasteiger partial charge in [-0.1, -0.05) is 154 Å². The van der Waals surface area contributed by atoms with Crippen molar-refractivity contribution < 1.29 is 24.1 Å². The molecule has 7 nitrogen and oxygen atoms in total. The third-order valence-electron chi connectivity index (χ3n) is 9.94. The Morgan fingerprint density at radius 2 is 0.962 bits per heavy atom. The highest BCUT2D eigenvalue weighted by molar-refractivity contribution is 5.79. The quantitative estimate of drug-likeness (QED) is 0.0478. The van der Waals surface area contributed by atoms with E-state index >= 15 is 0 Å². The average molecular weight is 737 g/mol. The molecule has 2 atom stereocenters. The van der Waals surface area contributed by atoms with Crippen LogP contribution >= 0.6 is 0 Å². The predicted molar refractivity (Wildman–Crippen MR) is 223 cm³/mol. The summed E-state index contributed by atoms with van der Waals surface area (Å²) in [7, 11) is 1.94. The number of hydrogen-bond donors (Lipinski definition) is 2. The highest BCUT2D eigenvalue weighted by Crippen LogP contribution is 2.14. The van der Waals surface area contributed by atoms with E-state index in [-0.39, 0.29) is 13.2 Å². The van der Waals surface area contributed by atoms with Crippen molar-refractivity contribution in [3.05, 3.63) is 24.3 Å². The number of nitrogens with zero attached hydrogens (tertiary/aromatic N) is 1. The van der Waals surface area contributed by atoms with Crippen molar-refractivity contribution in [3.8, 4) is 0 Å². The van der Waals surface area contributed by atoms with Gasteiger partial charge >= 0.3 is 0 Å². The van der Waals surface area contributed by atoms with Crippen LogP contribution in [0.15, 0.2) is 24.3 Å². The SMILES string of the molecule is CCCCCCCCC=CCCCCCCCCOCC(OCCN(C)CCO)C(OCCCCCCCCC=CCCCCCCCC)C(N)=O. The second-order valence-corrected chi connectivity index (χ2v) is 15.1. The van der Waals surface area contributed by atoms with E-state index in [0.717, 1.165) is 25.7 Å². The number of allylic oxidation sites excluding steroid dienone is 4. The van der Waals surface area contributed by atoms with E-state index in [1.54, 1.807) is 0 Å². The van der Waals surface area contributed by atoms with E-state index in [2.05, 4.69) is 38.2 Å². The van der Waals surface area contributed by atoms with Gasteiger partial charge in [-0.2, -0.15) is 0 Å². The second kappa shape index (κ2) is 42.5. The summed E-state index contributed by atoms with van der Waals surface area (Å²) in [6.07, 6.45) is 43.6. The second-order valence-electron chi connectivity index (χ2n) is 15.1. The van der Waals surface area contributed by atoms with Crippen molar-refractivity contribution in [3.63, 3.8) is 0 Å². The van der Waals surface area contributed by atoms with Gasteiger partial charge in [0.05, 0.1) is 19.8 Å². The Balaban J connectivity index is 4.17. The Hall–Kier alpha value is -1.25. The topological polar surface area (TPSA) is 94.2 Å². The van der Waals surface area contributed by atoms with Gasteiger partial charge in [0.2, 0.25) is 5.91 Å². The summed E-state index contributed by atoms with van der Waals surface area (Å²) < 4.78 is 18.2. The number of primary amides is 1. The monoisotopic (exact) mass is 737 g/mol. The molecule has 0 aromatic carbocycles. The average Bonchev–Trinajstić information content (AvgIpc) is 3.13. The molecule has 7 heteroatoms. The number of aliphatic hydroxyl groups is 1. The van der Waals surface area contributed by atoms with Crippen LogP contribution in [0.4, 0.5) is 0 Å². The lowest BCUT2D eigenvalue weighted by Crippen LogP contribution is -2.46. The Bertz CT molecular complexity index is 777. The summed E-state index contributed by atoms with van der Waals surface area (Å²) >= 11 is 0. The van der Waals surface area contributed by atoms with Crippen LogP contribution in [0.25, 0.3) is 0 Å². The van der Waals surface area contributed by atoms with E-state index in [1.165, 1.54) is 154 Å². The summed E-state index contributed by atoms with van der Waals surface area (Å²) in [6.45, 7) is 7.71. The molecule has 0 rings (SSSR count). The fraction of sp³-hybridized carbons (Fsp3) is 0.889. The Morgan fingerprint density at radius 3 is 1.38 bits per heavy atom. The third kappa shape index (κ3) is 37.1. The van der Waals surface area contributed by atoms with Gasteiger partial charge in [-0.25, -0.2) is 0 Å². The van der Waals surface area contributed by atoms with E-state index in [4.69, 9.17) is 19.9 Å². The van der Waals surface area contributed by atoms with Crippen molar-refractivity contribution in [1.82, 2.24) is 4.90 Å². The van der Waals surface area contributed by atoms with E-state index in [1.807, 2.05) is 11.9 Å². The molecule has 52 heavy (non-hydrogen) atoms. The van der Waals surface area contributed by atoms with Crippen LogP contribution in [0.1, 0.15) is 194 Å². The largest absolute Gasteiger partial charge is 0.395 e. The van der Waals surface area contributed by atoms with Crippen LogP contribution in [0.5, 0.6) is 0 Å². The minimum absolute atomic E-state index is 0.1000. The molecule has 0 spiro atoms. The first-order chi connectivity index (χ1) is 25.6. The number of unbranched alkanes of at least 4 members (excludes halogenated alkanes) is 24. The molecule has 3 N–H and O–H groups in total. The summed E-state index contributed by atoms with van der Waals surface area (Å²) in [4.78, 5) is 14.4. The van der Waals surface area contributed by atoms with Crippen LogP contribution in [0.2, 0.25) is 0 Å². The zero-order valence-corrected chi connectivity index (χ0v) is 34.8. The normalized spacial score (nSPS) is 13.2. The molecule has 308 valence electrons. The number of amides is 1. The smallest absolute Gasteiger partial charge is 0.249 e. The maximum Gasteiger partial charge on any atom is 0.249 e. The molecule has 0 bridgehead atoms. The molecule has 2 unspecified atom stereocenters. The highest BCUT2D eigenvalue weighted by Gasteiger charge is 2.28. The summed E-state index contributed by atoms with van der Waals surface area (Å²) in [6, 6.07) is 0. The zero-order valence-electron chi connectivity index (χ0n) is 34.8. The lowest BCUT2D eigenvalue weighted by molar-refractivity contribution is -0.148. The predicted octanol–water partition coefficient (Wildman–Crippen LogP) is 11.3. The first-order valence-electron chi connectivity index (χ1n) is 22.3. The first kappa shape index (κ1) is 50.8. The maximum atomic E-state index is 12.4. The molecular formula is C45H88N2O5. The fourth-order valence-electron chi connectivity index (χ4n) is 6.45. The van der Waals surface area contributed by atoms with E-state index in [0.29, 0.717) is 32.9 Å². The number of nitrogens with two attached hydrogens (primary N) is 1. The number of carbonyl (C=O) groups excluding carboxylic acids is 1. The molecule has 0 saturated heterocycles. The maximum absolute atomic E-state index is 12.4. The number of carbonyl (C=O) groups is 1. The molecule has 0 heterocycles. The minimum Gasteiger partial charge on any atom is -0.395 e. The minimum atomic E-state index is -0.828. The Kier molecular flexibility index (Phi) is 41.5. The number of aliphatic hydroxyl groups excluding tert-OH is 1. The summed E-state index contributed by atoms with van der Waals surface area (Å²) in [5.41, 5.74) is 5.81. The van der Waals surface area contributed by atoms with Gasteiger partial charge in [0.25, 0.3) is 0 Å². The van der Waals surface area contributed by atoms with Crippen LogP contribution in [-0.4, -0.2) is 81.3 Å². The molecule has 1 amide bonds. The van der Waals surface area contributed by atoms with Crippen molar-refractivity contribution in [2.75, 3.05) is 53.2 Å². The van der Waals surface area contributed by atoms with Gasteiger partial charge in [-0.05, 0) is 71.3 Å². The molecule has 0 saturated carbocycles. The number of ether oxygens (including phenoxy) is 3. The lowest BCUT2D eigenvalue weighted by atomic mass is 10.1. The fourth-order valence-corrected chi connectivity index (χ4v) is 6.45. The number of likely N-dealkylation sites (N-methyl/N-ethyl adjacent to an activating group) is 1. The van der Waals surface area contributed by atoms with Gasteiger partial charge in [0.1, 0.15) is 6.10 Å². The lowest BCUT2D eigenvalue weighted by Gasteiger charge is -2.26. The molecule has 0 aliphatic heterocycles. The molecule has 0 radical (unpaired) electrons. The van der Waals surface area contributed by atoms with Crippen LogP contribution in [0, 0.1) is 0 Å². The molecule has 0 fully saturated rings. The molecule has 0 aliphatic carbocycles. The van der Waals surface area contributed by atoms with Crippen molar-refractivity contribution >= 4 is 5.91 Å². The Morgan fingerprint density at radius 1 is 0.558 bits per heavy atom. The molecule has 0 aliphatic rings. The molecule has 0 aromatic rings. The van der Waals surface area contributed by atoms with Crippen LogP contribution in [-0.2, 0) is 19.0 Å². The van der Waals surface area contributed by atoms with Gasteiger partial charge in [0, 0.05) is 26.3 Å². The van der Waals surface area contributed by atoms with Crippen LogP contribution in [0.3, 0.4) is 0 Å². The standard InChI is InChI=1S/C45H88N2O5/c1-4-6-8-10-12-14-16-18-20-22-24-26-28-30-32-34-39-50-42-43(51-41-37-47(3)36-38-48)44(45(46)49)52-40-35-33-31-29-27-25-23-21-19-17-15-13-11-9-7-5-2/h18-21,43-44,48H,4-17,22-42H2,1-3H3,(H2,46,49). The number of rotatable bonds is 43. The van der Waals surface area contributed by atoms with E-state index in [9.17, 15) is 9.90 Å². The highest BCUT2D eigenvalue weighted by atomic mass is 16.6. The van der Waals surface area contributed by atoms with Crippen molar-refractivity contribution in [2.45, 2.75) is 206 Å². The summed E-state index contributed by atoms with van der Waals surface area (Å²) in [5.74, 6) is -0.501. The van der Waals surface area contributed by atoms with Gasteiger partial charge in [-0.15, -0.1) is 0 Å².